The SMILES string of the molecule is Cc1ccc(-n2nc(C(C)(C)C)cc2NC(=O)Nc2cccc(CC3CC4CCC(C3)N4N3CCc4oncc4C3=O)c2)cc1. The molecule has 7 rings (SSSR count). The van der Waals surface area contributed by atoms with Gasteiger partial charge in [-0.1, -0.05) is 55.8 Å². The number of hydrazine groups is 1. The van der Waals surface area contributed by atoms with Gasteiger partial charge >= 0.3 is 6.03 Å². The minimum absolute atomic E-state index is 0.0152. The van der Waals surface area contributed by atoms with Crippen molar-refractivity contribution < 1.29 is 14.1 Å². The number of fused-ring (bicyclic) bond motifs is 3. The van der Waals surface area contributed by atoms with Gasteiger partial charge in [0.15, 0.2) is 5.76 Å². The second-order valence-electron chi connectivity index (χ2n) is 13.8. The van der Waals surface area contributed by atoms with Gasteiger partial charge in [-0.3, -0.25) is 15.1 Å². The van der Waals surface area contributed by atoms with Crippen LogP contribution in [0.2, 0.25) is 0 Å². The van der Waals surface area contributed by atoms with E-state index in [0.29, 0.717) is 48.1 Å². The maximum atomic E-state index is 13.2. The number of anilines is 2. The Bertz CT molecular complexity index is 1700. The highest BCUT2D eigenvalue weighted by molar-refractivity contribution is 5.99. The van der Waals surface area contributed by atoms with E-state index in [-0.39, 0.29) is 17.4 Å². The number of carbonyl (C=O) groups is 2. The summed E-state index contributed by atoms with van der Waals surface area (Å²) in [5, 5.41) is 19.1. The second-order valence-corrected chi connectivity index (χ2v) is 13.8. The molecule has 3 aliphatic heterocycles. The minimum Gasteiger partial charge on any atom is -0.360 e. The fourth-order valence-electron chi connectivity index (χ4n) is 7.22. The van der Waals surface area contributed by atoms with E-state index in [0.717, 1.165) is 54.7 Å². The molecule has 3 amide bonds. The molecule has 0 saturated carbocycles. The largest absolute Gasteiger partial charge is 0.360 e. The summed E-state index contributed by atoms with van der Waals surface area (Å²) in [5.41, 5.74) is 5.34. The Balaban J connectivity index is 1.00. The molecule has 234 valence electrons. The lowest BCUT2D eigenvalue weighted by Crippen LogP contribution is -2.57. The van der Waals surface area contributed by atoms with E-state index in [1.807, 2.05) is 54.4 Å². The summed E-state index contributed by atoms with van der Waals surface area (Å²) < 4.78 is 7.06. The monoisotopic (exact) mass is 607 g/mol. The average molecular weight is 608 g/mol. The van der Waals surface area contributed by atoms with Crippen molar-refractivity contribution in [1.82, 2.24) is 25.0 Å². The molecule has 2 aromatic heterocycles. The van der Waals surface area contributed by atoms with Crippen LogP contribution >= 0.6 is 0 Å². The van der Waals surface area contributed by atoms with Crippen molar-refractivity contribution in [2.75, 3.05) is 17.2 Å². The third-order valence-electron chi connectivity index (χ3n) is 9.44. The highest BCUT2D eigenvalue weighted by Gasteiger charge is 2.46. The first kappa shape index (κ1) is 29.3. The summed E-state index contributed by atoms with van der Waals surface area (Å²) in [6, 6.07) is 18.6. The normalized spacial score (nSPS) is 21.6. The van der Waals surface area contributed by atoms with Crippen molar-refractivity contribution in [3.8, 4) is 5.69 Å². The topological polar surface area (TPSA) is 109 Å². The van der Waals surface area contributed by atoms with Crippen molar-refractivity contribution in [3.05, 3.63) is 88.9 Å². The lowest BCUT2D eigenvalue weighted by atomic mass is 9.86. The zero-order valence-corrected chi connectivity index (χ0v) is 26.4. The number of benzene rings is 2. The van der Waals surface area contributed by atoms with Crippen LogP contribution in [-0.2, 0) is 18.3 Å². The van der Waals surface area contributed by atoms with Crippen molar-refractivity contribution in [3.63, 3.8) is 0 Å². The van der Waals surface area contributed by atoms with E-state index in [2.05, 4.69) is 53.7 Å². The van der Waals surface area contributed by atoms with Gasteiger partial charge in [-0.2, -0.15) is 5.10 Å². The molecule has 0 aliphatic carbocycles. The molecule has 45 heavy (non-hydrogen) atoms. The van der Waals surface area contributed by atoms with Crippen LogP contribution in [0.5, 0.6) is 0 Å². The molecule has 2 bridgehead atoms. The van der Waals surface area contributed by atoms with Gasteiger partial charge < -0.3 is 9.84 Å². The van der Waals surface area contributed by atoms with Crippen molar-refractivity contribution in [2.24, 2.45) is 5.92 Å². The predicted molar refractivity (Wildman–Crippen MR) is 172 cm³/mol. The first-order valence-electron chi connectivity index (χ1n) is 16.0. The number of aromatic nitrogens is 3. The lowest BCUT2D eigenvalue weighted by Gasteiger charge is -2.46. The van der Waals surface area contributed by atoms with Gasteiger partial charge in [-0.25, -0.2) is 14.5 Å². The van der Waals surface area contributed by atoms with E-state index in [1.54, 1.807) is 10.9 Å². The number of piperidine rings is 1. The van der Waals surface area contributed by atoms with Crippen LogP contribution in [-0.4, -0.2) is 55.5 Å². The zero-order chi connectivity index (χ0) is 31.3. The highest BCUT2D eigenvalue weighted by Crippen LogP contribution is 2.42. The van der Waals surface area contributed by atoms with Crippen molar-refractivity contribution in [1.29, 1.82) is 0 Å². The molecule has 2 fully saturated rings. The van der Waals surface area contributed by atoms with Gasteiger partial charge in [0, 0.05) is 42.2 Å². The summed E-state index contributed by atoms with van der Waals surface area (Å²) >= 11 is 0. The van der Waals surface area contributed by atoms with Gasteiger partial charge in [-0.05, 0) is 74.8 Å². The summed E-state index contributed by atoms with van der Waals surface area (Å²) in [5.74, 6) is 1.86. The summed E-state index contributed by atoms with van der Waals surface area (Å²) in [4.78, 5) is 26.4. The third kappa shape index (κ3) is 5.86. The molecule has 0 spiro atoms. The van der Waals surface area contributed by atoms with E-state index in [1.165, 1.54) is 5.56 Å². The summed E-state index contributed by atoms with van der Waals surface area (Å²) in [7, 11) is 0. The number of carbonyl (C=O) groups excluding carboxylic acids is 2. The van der Waals surface area contributed by atoms with Crippen LogP contribution in [0, 0.1) is 12.8 Å². The maximum Gasteiger partial charge on any atom is 0.324 e. The molecule has 2 saturated heterocycles. The second kappa shape index (κ2) is 11.5. The fourth-order valence-corrected chi connectivity index (χ4v) is 7.22. The van der Waals surface area contributed by atoms with Crippen molar-refractivity contribution >= 4 is 23.4 Å². The number of rotatable bonds is 6. The molecule has 2 unspecified atom stereocenters. The van der Waals surface area contributed by atoms with E-state index in [4.69, 9.17) is 9.62 Å². The summed E-state index contributed by atoms with van der Waals surface area (Å²) in [6.07, 6.45) is 7.53. The molecule has 2 N–H and O–H groups in total. The van der Waals surface area contributed by atoms with Gasteiger partial charge in [-0.15, -0.1) is 0 Å². The molecule has 10 nitrogen and oxygen atoms in total. The van der Waals surface area contributed by atoms with E-state index >= 15 is 0 Å². The quantitative estimate of drug-likeness (QED) is 0.259. The van der Waals surface area contributed by atoms with Crippen LogP contribution in [0.15, 0.2) is 65.3 Å². The Labute approximate surface area is 263 Å². The molecule has 2 atom stereocenters. The zero-order valence-electron chi connectivity index (χ0n) is 26.4. The van der Waals surface area contributed by atoms with E-state index in [9.17, 15) is 9.59 Å². The lowest BCUT2D eigenvalue weighted by molar-refractivity contribution is -0.0741. The van der Waals surface area contributed by atoms with Crippen LogP contribution < -0.4 is 10.6 Å². The Hall–Kier alpha value is -4.44. The molecule has 10 heteroatoms. The molecule has 3 aliphatic rings. The van der Waals surface area contributed by atoms with Gasteiger partial charge in [0.25, 0.3) is 5.91 Å². The molecule has 0 radical (unpaired) electrons. The molecular formula is C35H41N7O3. The summed E-state index contributed by atoms with van der Waals surface area (Å²) in [6.45, 7) is 9.03. The fraction of sp³-hybridized carbons (Fsp3) is 0.429. The number of amides is 3. The minimum atomic E-state index is -0.311. The van der Waals surface area contributed by atoms with Gasteiger partial charge in [0.05, 0.1) is 17.6 Å². The van der Waals surface area contributed by atoms with Crippen LogP contribution in [0.3, 0.4) is 0 Å². The van der Waals surface area contributed by atoms with Crippen LogP contribution in [0.4, 0.5) is 16.3 Å². The molecule has 5 heterocycles. The smallest absolute Gasteiger partial charge is 0.324 e. The van der Waals surface area contributed by atoms with Crippen molar-refractivity contribution in [2.45, 2.75) is 83.7 Å². The number of urea groups is 1. The van der Waals surface area contributed by atoms with Gasteiger partial charge in [0.2, 0.25) is 0 Å². The molecular weight excluding hydrogens is 566 g/mol. The van der Waals surface area contributed by atoms with Gasteiger partial charge in [0.1, 0.15) is 11.4 Å². The average Bonchev–Trinajstić information content (AvgIpc) is 3.71. The molecule has 4 aromatic rings. The van der Waals surface area contributed by atoms with Crippen LogP contribution in [0.25, 0.3) is 5.69 Å². The number of nitrogens with one attached hydrogen (secondary N) is 2. The maximum absolute atomic E-state index is 13.2. The Morgan fingerprint density at radius 3 is 2.51 bits per heavy atom. The highest BCUT2D eigenvalue weighted by atomic mass is 16.5. The third-order valence-corrected chi connectivity index (χ3v) is 9.44. The number of aryl methyl sites for hydroxylation is 1. The number of hydrogen-bond donors (Lipinski definition) is 2. The Morgan fingerprint density at radius 2 is 1.78 bits per heavy atom. The number of nitrogens with zero attached hydrogens (tertiary/aromatic N) is 5. The predicted octanol–water partition coefficient (Wildman–Crippen LogP) is 6.51. The van der Waals surface area contributed by atoms with Crippen LogP contribution in [0.1, 0.15) is 79.4 Å². The first-order chi connectivity index (χ1) is 21.6. The Morgan fingerprint density at radius 1 is 1.02 bits per heavy atom. The standard InChI is InChI=1S/C35H41N7O3/c1-22-8-10-26(11-9-22)41-32(20-31(39-41)35(2,3)4)38-34(44)37-25-7-5-6-23(17-25)16-24-18-27-12-13-28(19-24)42(27)40-15-14-30-29(33(40)43)21-36-45-30/h5-11,17,20-21,24,27-28H,12-16,18-19H2,1-4H3,(H2,37,38,44). The first-order valence-corrected chi connectivity index (χ1v) is 16.0. The number of hydrogen-bond acceptors (Lipinski definition) is 6. The van der Waals surface area contributed by atoms with E-state index < -0.39 is 0 Å². The Kier molecular flexibility index (Phi) is 7.47. The molecule has 2 aromatic carbocycles.